The fourth-order valence-corrected chi connectivity index (χ4v) is 1.39. The van der Waals surface area contributed by atoms with Crippen molar-refractivity contribution in [2.24, 2.45) is 0 Å². The van der Waals surface area contributed by atoms with E-state index in [2.05, 4.69) is 11.6 Å². The van der Waals surface area contributed by atoms with Gasteiger partial charge in [-0.05, 0) is 44.2 Å². The van der Waals surface area contributed by atoms with Crippen molar-refractivity contribution in [2.45, 2.75) is 20.8 Å². The van der Waals surface area contributed by atoms with Crippen molar-refractivity contribution >= 4 is 12.0 Å². The van der Waals surface area contributed by atoms with Gasteiger partial charge < -0.3 is 4.74 Å². The first-order valence-electron chi connectivity index (χ1n) is 5.68. The number of rotatable bonds is 4. The summed E-state index contributed by atoms with van der Waals surface area (Å²) in [4.78, 5) is 15.2. The zero-order chi connectivity index (χ0) is 13.5. The minimum Gasteiger partial charge on any atom is -0.426 e. The van der Waals surface area contributed by atoms with Crippen molar-refractivity contribution < 1.29 is 9.53 Å². The van der Waals surface area contributed by atoms with E-state index in [1.807, 2.05) is 31.2 Å². The molecule has 0 saturated heterocycles. The van der Waals surface area contributed by atoms with E-state index >= 15 is 0 Å². The van der Waals surface area contributed by atoms with Gasteiger partial charge in [-0.25, -0.2) is 0 Å². The molecule has 18 heavy (non-hydrogen) atoms. The fourth-order valence-electron chi connectivity index (χ4n) is 1.39. The third-order valence-corrected chi connectivity index (χ3v) is 2.20. The first-order chi connectivity index (χ1) is 8.52. The van der Waals surface area contributed by atoms with Crippen molar-refractivity contribution in [3.8, 4) is 0 Å². The average Bonchev–Trinajstić information content (AvgIpc) is 2.33. The van der Waals surface area contributed by atoms with Crippen LogP contribution in [0.5, 0.6) is 0 Å². The zero-order valence-electron chi connectivity index (χ0n) is 10.9. The Morgan fingerprint density at radius 1 is 1.44 bits per heavy atom. The molecule has 0 aliphatic carbocycles. The van der Waals surface area contributed by atoms with Gasteiger partial charge in [-0.2, -0.15) is 0 Å². The Hall–Kier alpha value is -2.16. The lowest BCUT2D eigenvalue weighted by Crippen LogP contribution is -1.99. The Labute approximate surface area is 108 Å². The van der Waals surface area contributed by atoms with Crippen molar-refractivity contribution in [1.82, 2.24) is 4.98 Å². The molecule has 94 valence electrons. The molecule has 0 fully saturated rings. The minimum atomic E-state index is -0.355. The maximum absolute atomic E-state index is 10.9. The van der Waals surface area contributed by atoms with E-state index in [-0.39, 0.29) is 5.97 Å². The van der Waals surface area contributed by atoms with Crippen LogP contribution in [-0.4, -0.2) is 11.0 Å². The molecule has 3 nitrogen and oxygen atoms in total. The number of carbonyl (C=O) groups is 1. The molecule has 1 rings (SSSR count). The summed E-state index contributed by atoms with van der Waals surface area (Å²) in [6.07, 6.45) is 5.32. The number of nitrogens with zero attached hydrogens (tertiary/aromatic N) is 1. The quantitative estimate of drug-likeness (QED) is 0.462. The molecule has 1 aromatic heterocycles. The van der Waals surface area contributed by atoms with Crippen LogP contribution >= 0.6 is 0 Å². The van der Waals surface area contributed by atoms with Gasteiger partial charge in [-0.15, -0.1) is 0 Å². The smallest absolute Gasteiger partial charge is 0.308 e. The van der Waals surface area contributed by atoms with Crippen LogP contribution in [0, 0.1) is 6.92 Å². The number of hydrogen-bond donors (Lipinski definition) is 0. The van der Waals surface area contributed by atoms with Gasteiger partial charge in [0.2, 0.25) is 0 Å². The second-order valence-corrected chi connectivity index (χ2v) is 3.81. The van der Waals surface area contributed by atoms with Gasteiger partial charge in [0.25, 0.3) is 0 Å². The number of esters is 1. The van der Waals surface area contributed by atoms with Crippen molar-refractivity contribution in [3.63, 3.8) is 0 Å². The van der Waals surface area contributed by atoms with Gasteiger partial charge >= 0.3 is 5.97 Å². The highest BCUT2D eigenvalue weighted by Gasteiger charge is 2.03. The van der Waals surface area contributed by atoms with E-state index in [1.165, 1.54) is 6.92 Å². The van der Waals surface area contributed by atoms with Gasteiger partial charge in [0, 0.05) is 18.2 Å². The van der Waals surface area contributed by atoms with Crippen LogP contribution in [-0.2, 0) is 9.53 Å². The summed E-state index contributed by atoms with van der Waals surface area (Å²) in [6.45, 7) is 8.95. The Bertz CT molecular complexity index is 513. The Balaban J connectivity index is 2.78. The number of allylic oxidation sites excluding steroid dienone is 2. The Kier molecular flexibility index (Phi) is 5.06. The maximum atomic E-state index is 10.9. The predicted molar refractivity (Wildman–Crippen MR) is 72.7 cm³/mol. The zero-order valence-corrected chi connectivity index (χ0v) is 10.9. The van der Waals surface area contributed by atoms with Gasteiger partial charge in [-0.1, -0.05) is 12.6 Å². The van der Waals surface area contributed by atoms with E-state index in [0.29, 0.717) is 11.3 Å². The summed E-state index contributed by atoms with van der Waals surface area (Å²) >= 11 is 0. The molecule has 0 spiro atoms. The molecule has 3 heteroatoms. The lowest BCUT2D eigenvalue weighted by molar-refractivity contribution is -0.136. The summed E-state index contributed by atoms with van der Waals surface area (Å²) < 4.78 is 5.02. The molecule has 1 heterocycles. The van der Waals surface area contributed by atoms with E-state index in [1.54, 1.807) is 19.1 Å². The molecule has 0 aliphatic rings. The molecule has 0 aromatic carbocycles. The first-order valence-corrected chi connectivity index (χ1v) is 5.68. The molecule has 1 aromatic rings. The molecule has 0 atom stereocenters. The predicted octanol–water partition coefficient (Wildman–Crippen LogP) is 3.43. The van der Waals surface area contributed by atoms with Gasteiger partial charge in [-0.3, -0.25) is 9.78 Å². The van der Waals surface area contributed by atoms with Crippen LogP contribution in [0.3, 0.4) is 0 Å². The second-order valence-electron chi connectivity index (χ2n) is 3.81. The highest BCUT2D eigenvalue weighted by atomic mass is 16.5. The van der Waals surface area contributed by atoms with Crippen LogP contribution in [0.25, 0.3) is 6.08 Å². The number of aryl methyl sites for hydroxylation is 1. The molecule has 0 N–H and O–H groups in total. The molecule has 0 radical (unpaired) electrons. The number of aromatic nitrogens is 1. The molecular formula is C15H17NO2. The van der Waals surface area contributed by atoms with E-state index in [9.17, 15) is 4.79 Å². The Morgan fingerprint density at radius 2 is 2.17 bits per heavy atom. The molecule has 0 amide bonds. The summed E-state index contributed by atoms with van der Waals surface area (Å²) in [5.74, 6) is 0.109. The third-order valence-electron chi connectivity index (χ3n) is 2.20. The third kappa shape index (κ3) is 4.37. The van der Waals surface area contributed by atoms with Gasteiger partial charge in [0.05, 0.1) is 5.69 Å². The highest BCUT2D eigenvalue weighted by Crippen LogP contribution is 2.13. The van der Waals surface area contributed by atoms with Crippen molar-refractivity contribution in [2.75, 3.05) is 0 Å². The number of ether oxygens (including phenoxy) is 1. The van der Waals surface area contributed by atoms with Crippen molar-refractivity contribution in [3.05, 3.63) is 59.7 Å². The van der Waals surface area contributed by atoms with Crippen LogP contribution in [0.1, 0.15) is 25.2 Å². The van der Waals surface area contributed by atoms with Crippen LogP contribution in [0.15, 0.2) is 48.3 Å². The maximum Gasteiger partial charge on any atom is 0.308 e. The van der Waals surface area contributed by atoms with Crippen molar-refractivity contribution in [1.29, 1.82) is 0 Å². The minimum absolute atomic E-state index is 0.355. The standard InChI is InChI=1S/C15H17NO2/c1-5-15(18-13(4)17)11(2)9-10-14-8-6-7-12(3)16-14/h5-10H,2H2,1,3-4H3/b10-9+,15-5+. The van der Waals surface area contributed by atoms with E-state index in [0.717, 1.165) is 11.4 Å². The summed E-state index contributed by atoms with van der Waals surface area (Å²) in [6, 6.07) is 5.77. The number of hydrogen-bond acceptors (Lipinski definition) is 3. The normalized spacial score (nSPS) is 11.6. The highest BCUT2D eigenvalue weighted by molar-refractivity contribution is 5.68. The Morgan fingerprint density at radius 3 is 2.72 bits per heavy atom. The number of pyridine rings is 1. The van der Waals surface area contributed by atoms with Gasteiger partial charge in [0.15, 0.2) is 0 Å². The second kappa shape index (κ2) is 6.55. The summed E-state index contributed by atoms with van der Waals surface area (Å²) in [7, 11) is 0. The number of carbonyl (C=O) groups excluding carboxylic acids is 1. The van der Waals surface area contributed by atoms with E-state index < -0.39 is 0 Å². The SMILES string of the molecule is C=C(/C=C/c1cccc(C)n1)/C(=C\C)OC(C)=O. The van der Waals surface area contributed by atoms with Gasteiger partial charge in [0.1, 0.15) is 5.76 Å². The average molecular weight is 243 g/mol. The molecule has 0 unspecified atom stereocenters. The van der Waals surface area contributed by atoms with E-state index in [4.69, 9.17) is 4.74 Å². The lowest BCUT2D eigenvalue weighted by atomic mass is 10.2. The lowest BCUT2D eigenvalue weighted by Gasteiger charge is -2.05. The molecular weight excluding hydrogens is 226 g/mol. The summed E-state index contributed by atoms with van der Waals surface area (Å²) in [5.41, 5.74) is 2.43. The summed E-state index contributed by atoms with van der Waals surface area (Å²) in [5, 5.41) is 0. The first kappa shape index (κ1) is 13.9. The largest absolute Gasteiger partial charge is 0.426 e. The molecule has 0 aliphatic heterocycles. The topological polar surface area (TPSA) is 39.2 Å². The molecule has 0 bridgehead atoms. The van der Waals surface area contributed by atoms with Crippen LogP contribution in [0.4, 0.5) is 0 Å². The monoisotopic (exact) mass is 243 g/mol. The molecule has 0 saturated carbocycles. The van der Waals surface area contributed by atoms with Crippen LogP contribution in [0.2, 0.25) is 0 Å². The van der Waals surface area contributed by atoms with Crippen LogP contribution < -0.4 is 0 Å². The fraction of sp³-hybridized carbons (Fsp3) is 0.200.